The highest BCUT2D eigenvalue weighted by atomic mass is 35.5. The average molecular weight is 423 g/mol. The zero-order chi connectivity index (χ0) is 19.5. The van der Waals surface area contributed by atoms with Crippen molar-refractivity contribution in [2.45, 2.75) is 51.0 Å². The molecule has 1 amide bonds. The van der Waals surface area contributed by atoms with Crippen molar-refractivity contribution in [2.75, 3.05) is 13.1 Å². The van der Waals surface area contributed by atoms with Crippen LogP contribution in [0.1, 0.15) is 39.2 Å². The fraction of sp³-hybridized carbons (Fsp3) is 0.588. The molecular formula is C17H24Cl2N2O4S. The first-order valence-corrected chi connectivity index (χ1v) is 10.8. The van der Waals surface area contributed by atoms with Gasteiger partial charge in [0, 0.05) is 29.2 Å². The number of carbonyl (C=O) groups is 1. The van der Waals surface area contributed by atoms with Crippen LogP contribution in [0.2, 0.25) is 10.0 Å². The number of rotatable bonds is 5. The zero-order valence-corrected chi connectivity index (χ0v) is 17.4. The second-order valence-electron chi connectivity index (χ2n) is 7.31. The summed E-state index contributed by atoms with van der Waals surface area (Å²) in [6.45, 7) is 6.09. The van der Waals surface area contributed by atoms with Crippen LogP contribution in [0.5, 0.6) is 0 Å². The van der Waals surface area contributed by atoms with Gasteiger partial charge in [-0.2, -0.15) is 0 Å². The van der Waals surface area contributed by atoms with Crippen molar-refractivity contribution in [1.29, 1.82) is 0 Å². The van der Waals surface area contributed by atoms with Gasteiger partial charge < -0.3 is 9.64 Å². The molecule has 1 heterocycles. The van der Waals surface area contributed by atoms with Crippen molar-refractivity contribution in [3.63, 3.8) is 0 Å². The van der Waals surface area contributed by atoms with Crippen molar-refractivity contribution in [3.8, 4) is 0 Å². The maximum absolute atomic E-state index is 12.4. The molecule has 1 aliphatic heterocycles. The molecule has 9 heteroatoms. The molecule has 0 aliphatic carbocycles. The van der Waals surface area contributed by atoms with Crippen LogP contribution in [-0.2, 0) is 20.5 Å². The second-order valence-corrected chi connectivity index (χ2v) is 9.96. The quantitative estimate of drug-likeness (QED) is 0.782. The molecule has 1 aromatic rings. The van der Waals surface area contributed by atoms with Gasteiger partial charge in [-0.1, -0.05) is 23.2 Å². The Labute approximate surface area is 164 Å². The number of sulfonamides is 1. The van der Waals surface area contributed by atoms with Crippen molar-refractivity contribution in [3.05, 3.63) is 33.8 Å². The minimum atomic E-state index is -3.62. The number of ether oxygens (including phenoxy) is 1. The lowest BCUT2D eigenvalue weighted by atomic mass is 10.2. The van der Waals surface area contributed by atoms with E-state index in [0.29, 0.717) is 22.2 Å². The molecule has 1 fully saturated rings. The lowest BCUT2D eigenvalue weighted by Gasteiger charge is -2.28. The molecule has 0 saturated carbocycles. The van der Waals surface area contributed by atoms with Gasteiger partial charge in [0.05, 0.1) is 5.75 Å². The van der Waals surface area contributed by atoms with Gasteiger partial charge in [-0.05, 0) is 57.4 Å². The molecule has 0 aromatic heterocycles. The molecule has 1 aliphatic rings. The van der Waals surface area contributed by atoms with E-state index >= 15 is 0 Å². The van der Waals surface area contributed by atoms with Crippen LogP contribution in [0.25, 0.3) is 0 Å². The molecule has 0 bridgehead atoms. The predicted molar refractivity (Wildman–Crippen MR) is 103 cm³/mol. The normalized spacial score (nSPS) is 18.2. The summed E-state index contributed by atoms with van der Waals surface area (Å²) < 4.78 is 32.7. The first-order chi connectivity index (χ1) is 12.0. The van der Waals surface area contributed by atoms with Gasteiger partial charge in [-0.15, -0.1) is 0 Å². The molecule has 6 nitrogen and oxygen atoms in total. The lowest BCUT2D eigenvalue weighted by molar-refractivity contribution is 0.0229. The topological polar surface area (TPSA) is 75.7 Å². The number of hydrogen-bond donors (Lipinski definition) is 1. The van der Waals surface area contributed by atoms with Crippen LogP contribution in [-0.4, -0.2) is 44.1 Å². The van der Waals surface area contributed by atoms with E-state index in [-0.39, 0.29) is 18.3 Å². The summed E-state index contributed by atoms with van der Waals surface area (Å²) >= 11 is 11.9. The third kappa shape index (κ3) is 6.30. The van der Waals surface area contributed by atoms with Crippen LogP contribution >= 0.6 is 23.2 Å². The molecule has 0 spiro atoms. The van der Waals surface area contributed by atoms with Gasteiger partial charge in [-0.25, -0.2) is 17.9 Å². The number of benzene rings is 1. The Kier molecular flexibility index (Phi) is 6.82. The SMILES string of the molecule is CC(C)(C)OC(=O)N1CCC[C@@H]1CNS(=O)(=O)Cc1cc(Cl)ccc1Cl. The Morgan fingerprint density at radius 3 is 2.69 bits per heavy atom. The average Bonchev–Trinajstić information content (AvgIpc) is 2.96. The van der Waals surface area contributed by atoms with Crippen LogP contribution in [0.15, 0.2) is 18.2 Å². The number of halogens is 2. The fourth-order valence-corrected chi connectivity index (χ4v) is 4.40. The summed E-state index contributed by atoms with van der Waals surface area (Å²) in [5.74, 6) is -0.272. The van der Waals surface area contributed by atoms with E-state index in [4.69, 9.17) is 27.9 Å². The molecule has 1 saturated heterocycles. The minimum absolute atomic E-state index is 0.139. The van der Waals surface area contributed by atoms with Crippen LogP contribution in [0, 0.1) is 0 Å². The van der Waals surface area contributed by atoms with E-state index in [9.17, 15) is 13.2 Å². The summed E-state index contributed by atoms with van der Waals surface area (Å²) in [4.78, 5) is 13.8. The second kappa shape index (κ2) is 8.33. The van der Waals surface area contributed by atoms with E-state index in [1.54, 1.807) is 37.8 Å². The van der Waals surface area contributed by atoms with E-state index in [1.165, 1.54) is 6.07 Å². The minimum Gasteiger partial charge on any atom is -0.444 e. The van der Waals surface area contributed by atoms with Gasteiger partial charge in [0.1, 0.15) is 5.60 Å². The first-order valence-electron chi connectivity index (χ1n) is 8.38. The number of nitrogens with zero attached hydrogens (tertiary/aromatic N) is 1. The Morgan fingerprint density at radius 1 is 1.35 bits per heavy atom. The highest BCUT2D eigenvalue weighted by molar-refractivity contribution is 7.88. The number of likely N-dealkylation sites (tertiary alicyclic amines) is 1. The smallest absolute Gasteiger partial charge is 0.410 e. The third-order valence-corrected chi connectivity index (χ3v) is 5.80. The summed E-state index contributed by atoms with van der Waals surface area (Å²) in [7, 11) is -3.62. The molecule has 0 radical (unpaired) electrons. The Balaban J connectivity index is 1.97. The molecule has 1 aromatic carbocycles. The number of nitrogens with one attached hydrogen (secondary N) is 1. The summed E-state index contributed by atoms with van der Waals surface area (Å²) in [5.41, 5.74) is -0.158. The Morgan fingerprint density at radius 2 is 2.04 bits per heavy atom. The lowest BCUT2D eigenvalue weighted by Crippen LogP contribution is -2.45. The van der Waals surface area contributed by atoms with Gasteiger partial charge >= 0.3 is 6.09 Å². The number of amides is 1. The van der Waals surface area contributed by atoms with Gasteiger partial charge in [0.2, 0.25) is 10.0 Å². The molecule has 1 atom stereocenters. The highest BCUT2D eigenvalue weighted by Gasteiger charge is 2.32. The van der Waals surface area contributed by atoms with E-state index in [0.717, 1.165) is 12.8 Å². The summed E-state index contributed by atoms with van der Waals surface area (Å²) in [6.07, 6.45) is 1.11. The van der Waals surface area contributed by atoms with Gasteiger partial charge in [0.25, 0.3) is 0 Å². The number of carbonyl (C=O) groups excluding carboxylic acids is 1. The highest BCUT2D eigenvalue weighted by Crippen LogP contribution is 2.23. The molecule has 2 rings (SSSR count). The van der Waals surface area contributed by atoms with E-state index in [2.05, 4.69) is 4.72 Å². The van der Waals surface area contributed by atoms with Crippen LogP contribution in [0.3, 0.4) is 0 Å². The molecule has 1 N–H and O–H groups in total. The van der Waals surface area contributed by atoms with Crippen LogP contribution in [0.4, 0.5) is 4.79 Å². The zero-order valence-electron chi connectivity index (χ0n) is 15.1. The van der Waals surface area contributed by atoms with Crippen molar-refractivity contribution >= 4 is 39.3 Å². The largest absolute Gasteiger partial charge is 0.444 e. The standard InChI is InChI=1S/C17H24Cl2N2O4S/c1-17(2,3)25-16(22)21-8-4-5-14(21)10-20-26(23,24)11-12-9-13(18)6-7-15(12)19/h6-7,9,14,20H,4-5,8,10-11H2,1-3H3/t14-/m1/s1. The predicted octanol–water partition coefficient (Wildman–Crippen LogP) is 3.81. The summed E-state index contributed by atoms with van der Waals surface area (Å²) in [5, 5.41) is 0.766. The fourth-order valence-electron chi connectivity index (χ4n) is 2.74. The van der Waals surface area contributed by atoms with Gasteiger partial charge in [-0.3, -0.25) is 0 Å². The molecule has 146 valence electrons. The summed E-state index contributed by atoms with van der Waals surface area (Å²) in [6, 6.07) is 4.47. The van der Waals surface area contributed by atoms with E-state index in [1.807, 2.05) is 0 Å². The van der Waals surface area contributed by atoms with E-state index < -0.39 is 21.7 Å². The van der Waals surface area contributed by atoms with Crippen LogP contribution < -0.4 is 4.72 Å². The third-order valence-electron chi connectivity index (χ3n) is 3.90. The maximum Gasteiger partial charge on any atom is 0.410 e. The Bertz CT molecular complexity index is 763. The first kappa shape index (κ1) is 21.3. The molecular weight excluding hydrogens is 399 g/mol. The van der Waals surface area contributed by atoms with Gasteiger partial charge in [0.15, 0.2) is 0 Å². The van der Waals surface area contributed by atoms with Crippen molar-refractivity contribution in [1.82, 2.24) is 9.62 Å². The molecule has 0 unspecified atom stereocenters. The van der Waals surface area contributed by atoms with Crippen molar-refractivity contribution < 1.29 is 17.9 Å². The van der Waals surface area contributed by atoms with Crippen molar-refractivity contribution in [2.24, 2.45) is 0 Å². The maximum atomic E-state index is 12.4. The Hall–Kier alpha value is -1.02. The molecule has 26 heavy (non-hydrogen) atoms. The number of hydrogen-bond acceptors (Lipinski definition) is 4. The monoisotopic (exact) mass is 422 g/mol.